The molecular weight excluding hydrogens is 326 g/mol. The number of nitrogens with zero attached hydrogens (tertiary/aromatic N) is 2. The van der Waals surface area contributed by atoms with E-state index in [9.17, 15) is 0 Å². The lowest BCUT2D eigenvalue weighted by Gasteiger charge is -2.09. The summed E-state index contributed by atoms with van der Waals surface area (Å²) in [6.45, 7) is 2.13. The third kappa shape index (κ3) is 3.45. The van der Waals surface area contributed by atoms with Crippen LogP contribution in [-0.2, 0) is 6.42 Å². The second-order valence-corrected chi connectivity index (χ2v) is 5.52. The molecule has 0 unspecified atom stereocenters. The predicted molar refractivity (Wildman–Crippen MR) is 83.7 cm³/mol. The third-order valence-electron chi connectivity index (χ3n) is 2.71. The van der Waals surface area contributed by atoms with E-state index in [1.54, 1.807) is 0 Å². The monoisotopic (exact) mass is 339 g/mol. The molecule has 1 N–H and O–H groups in total. The van der Waals surface area contributed by atoms with Crippen LogP contribution in [-0.4, -0.2) is 17.0 Å². The molecule has 100 valence electrons. The molecule has 0 atom stereocenters. The number of benzene rings is 1. The predicted octanol–water partition coefficient (Wildman–Crippen LogP) is 4.55. The van der Waals surface area contributed by atoms with Crippen LogP contribution in [0.2, 0.25) is 5.02 Å². The van der Waals surface area contributed by atoms with Gasteiger partial charge in [-0.05, 0) is 24.6 Å². The summed E-state index contributed by atoms with van der Waals surface area (Å²) in [6.07, 6.45) is 1.98. The number of anilines is 1. The van der Waals surface area contributed by atoms with Crippen LogP contribution < -0.4 is 5.32 Å². The fraction of sp³-hybridized carbons (Fsp3) is 0.286. The van der Waals surface area contributed by atoms with E-state index in [1.807, 2.05) is 31.3 Å². The maximum atomic E-state index is 6.26. The van der Waals surface area contributed by atoms with Crippen molar-refractivity contribution in [2.24, 2.45) is 0 Å². The van der Waals surface area contributed by atoms with Gasteiger partial charge in [0.2, 0.25) is 0 Å². The number of halogens is 2. The van der Waals surface area contributed by atoms with Crippen molar-refractivity contribution in [2.75, 3.05) is 12.4 Å². The Balaban J connectivity index is 2.51. The van der Waals surface area contributed by atoms with Crippen molar-refractivity contribution >= 4 is 33.3 Å². The zero-order valence-electron chi connectivity index (χ0n) is 10.9. The molecule has 5 heteroatoms. The lowest BCUT2D eigenvalue weighted by molar-refractivity contribution is 0.876. The number of aryl methyl sites for hydroxylation is 1. The molecule has 0 saturated heterocycles. The first kappa shape index (κ1) is 14.3. The number of hydrogen-bond acceptors (Lipinski definition) is 3. The van der Waals surface area contributed by atoms with Gasteiger partial charge in [-0.15, -0.1) is 0 Å². The van der Waals surface area contributed by atoms with Crippen molar-refractivity contribution in [3.63, 3.8) is 0 Å². The minimum absolute atomic E-state index is 0.644. The molecule has 2 aromatic rings. The summed E-state index contributed by atoms with van der Waals surface area (Å²) in [5.74, 6) is 1.47. The van der Waals surface area contributed by atoms with Gasteiger partial charge in [0.1, 0.15) is 5.82 Å². The molecule has 0 aliphatic carbocycles. The van der Waals surface area contributed by atoms with Crippen molar-refractivity contribution in [3.8, 4) is 11.4 Å². The molecule has 3 nitrogen and oxygen atoms in total. The molecule has 0 spiro atoms. The lowest BCUT2D eigenvalue weighted by Crippen LogP contribution is -2.01. The van der Waals surface area contributed by atoms with Crippen LogP contribution in [0.25, 0.3) is 11.4 Å². The summed E-state index contributed by atoms with van der Waals surface area (Å²) in [7, 11) is 1.85. The number of rotatable bonds is 4. The minimum Gasteiger partial charge on any atom is -0.373 e. The van der Waals surface area contributed by atoms with Crippen LogP contribution in [0.1, 0.15) is 19.0 Å². The van der Waals surface area contributed by atoms with Gasteiger partial charge in [-0.3, -0.25) is 0 Å². The first-order valence-corrected chi connectivity index (χ1v) is 7.32. The number of hydrogen-bond donors (Lipinski definition) is 1. The van der Waals surface area contributed by atoms with E-state index in [-0.39, 0.29) is 0 Å². The van der Waals surface area contributed by atoms with Gasteiger partial charge in [0.25, 0.3) is 0 Å². The van der Waals surface area contributed by atoms with Crippen molar-refractivity contribution < 1.29 is 0 Å². The van der Waals surface area contributed by atoms with Gasteiger partial charge in [0.05, 0.1) is 5.02 Å². The van der Waals surface area contributed by atoms with E-state index >= 15 is 0 Å². The number of aromatic nitrogens is 2. The SMILES string of the molecule is CCCc1cc(NC)nc(-c2ccc(Br)cc2Cl)n1. The van der Waals surface area contributed by atoms with Crippen molar-refractivity contribution in [2.45, 2.75) is 19.8 Å². The van der Waals surface area contributed by atoms with Crippen LogP contribution >= 0.6 is 27.5 Å². The maximum Gasteiger partial charge on any atom is 0.163 e. The average Bonchev–Trinajstić information content (AvgIpc) is 2.38. The summed E-state index contributed by atoms with van der Waals surface area (Å²) >= 11 is 9.66. The largest absolute Gasteiger partial charge is 0.373 e. The quantitative estimate of drug-likeness (QED) is 0.887. The van der Waals surface area contributed by atoms with Crippen LogP contribution in [0.3, 0.4) is 0 Å². The normalized spacial score (nSPS) is 10.5. The Morgan fingerprint density at radius 3 is 2.68 bits per heavy atom. The lowest BCUT2D eigenvalue weighted by atomic mass is 10.2. The zero-order valence-corrected chi connectivity index (χ0v) is 13.2. The van der Waals surface area contributed by atoms with Crippen LogP contribution in [0.4, 0.5) is 5.82 Å². The Bertz CT molecular complexity index is 587. The first-order chi connectivity index (χ1) is 9.13. The molecular formula is C14H15BrClN3. The van der Waals surface area contributed by atoms with Crippen LogP contribution in [0, 0.1) is 0 Å². The molecule has 0 aliphatic heterocycles. The number of nitrogens with one attached hydrogen (secondary N) is 1. The molecule has 0 radical (unpaired) electrons. The highest BCUT2D eigenvalue weighted by Gasteiger charge is 2.10. The van der Waals surface area contributed by atoms with Gasteiger partial charge >= 0.3 is 0 Å². The third-order valence-corrected chi connectivity index (χ3v) is 3.52. The highest BCUT2D eigenvalue weighted by Crippen LogP contribution is 2.29. The molecule has 0 bridgehead atoms. The molecule has 2 rings (SSSR count). The standard InChI is InChI=1S/C14H15BrClN3/c1-3-4-10-8-13(17-2)19-14(18-10)11-6-5-9(15)7-12(11)16/h5-8H,3-4H2,1-2H3,(H,17,18,19). The Morgan fingerprint density at radius 2 is 2.05 bits per heavy atom. The van der Waals surface area contributed by atoms with Gasteiger partial charge in [-0.1, -0.05) is 40.9 Å². The maximum absolute atomic E-state index is 6.26. The summed E-state index contributed by atoms with van der Waals surface area (Å²) in [5.41, 5.74) is 1.87. The fourth-order valence-electron chi connectivity index (χ4n) is 1.80. The molecule has 1 heterocycles. The average molecular weight is 341 g/mol. The van der Waals surface area contributed by atoms with E-state index in [0.717, 1.165) is 34.4 Å². The molecule has 1 aromatic carbocycles. The molecule has 0 fully saturated rings. The minimum atomic E-state index is 0.644. The van der Waals surface area contributed by atoms with E-state index in [4.69, 9.17) is 11.6 Å². The summed E-state index contributed by atoms with van der Waals surface area (Å²) in [6, 6.07) is 7.69. The summed E-state index contributed by atoms with van der Waals surface area (Å²) in [5, 5.41) is 3.71. The Hall–Kier alpha value is -1.13. The van der Waals surface area contributed by atoms with E-state index in [0.29, 0.717) is 10.8 Å². The Morgan fingerprint density at radius 1 is 1.26 bits per heavy atom. The molecule has 0 amide bonds. The van der Waals surface area contributed by atoms with Gasteiger partial charge in [0, 0.05) is 28.8 Å². The van der Waals surface area contributed by atoms with E-state index in [2.05, 4.69) is 38.1 Å². The topological polar surface area (TPSA) is 37.8 Å². The molecule has 19 heavy (non-hydrogen) atoms. The second kappa shape index (κ2) is 6.35. The highest BCUT2D eigenvalue weighted by molar-refractivity contribution is 9.10. The van der Waals surface area contributed by atoms with Gasteiger partial charge < -0.3 is 5.32 Å². The Labute approximate surface area is 126 Å². The van der Waals surface area contributed by atoms with E-state index < -0.39 is 0 Å². The van der Waals surface area contributed by atoms with Gasteiger partial charge in [-0.2, -0.15) is 0 Å². The fourth-order valence-corrected chi connectivity index (χ4v) is 2.56. The second-order valence-electron chi connectivity index (χ2n) is 4.19. The van der Waals surface area contributed by atoms with Crippen molar-refractivity contribution in [1.29, 1.82) is 0 Å². The smallest absolute Gasteiger partial charge is 0.163 e. The molecule has 1 aromatic heterocycles. The van der Waals surface area contributed by atoms with Crippen molar-refractivity contribution in [1.82, 2.24) is 9.97 Å². The van der Waals surface area contributed by atoms with Crippen LogP contribution in [0.15, 0.2) is 28.7 Å². The Kier molecular flexibility index (Phi) is 4.77. The van der Waals surface area contributed by atoms with Gasteiger partial charge in [0.15, 0.2) is 5.82 Å². The first-order valence-electron chi connectivity index (χ1n) is 6.15. The highest BCUT2D eigenvalue weighted by atomic mass is 79.9. The van der Waals surface area contributed by atoms with E-state index in [1.165, 1.54) is 0 Å². The zero-order chi connectivity index (χ0) is 13.8. The summed E-state index contributed by atoms with van der Waals surface area (Å²) < 4.78 is 0.944. The summed E-state index contributed by atoms with van der Waals surface area (Å²) in [4.78, 5) is 9.05. The van der Waals surface area contributed by atoms with Crippen LogP contribution in [0.5, 0.6) is 0 Å². The van der Waals surface area contributed by atoms with Gasteiger partial charge in [-0.25, -0.2) is 9.97 Å². The molecule has 0 aliphatic rings. The van der Waals surface area contributed by atoms with Crippen molar-refractivity contribution in [3.05, 3.63) is 39.5 Å². The molecule has 0 saturated carbocycles.